The molecule has 0 unspecified atom stereocenters. The molecule has 0 fully saturated rings. The van der Waals surface area contributed by atoms with E-state index in [0.29, 0.717) is 18.1 Å². The maximum absolute atomic E-state index is 13.1. The predicted octanol–water partition coefficient (Wildman–Crippen LogP) is 2.28. The number of nitrogens with zero attached hydrogens (tertiary/aromatic N) is 2. The molecule has 1 heterocycles. The topological polar surface area (TPSA) is 66.9 Å². The van der Waals surface area contributed by atoms with Gasteiger partial charge in [0.05, 0.1) is 0 Å². The number of carbonyl (C=O) groups excluding carboxylic acids is 1. The van der Waals surface area contributed by atoms with Crippen molar-refractivity contribution >= 4 is 17.4 Å². The Hall–Kier alpha value is -2.76. The van der Waals surface area contributed by atoms with Crippen molar-refractivity contribution in [3.8, 4) is 0 Å². The molecule has 0 saturated heterocycles. The first-order valence-electron chi connectivity index (χ1n) is 5.93. The van der Waals surface area contributed by atoms with E-state index in [0.717, 1.165) is 0 Å². The molecule has 0 aliphatic rings. The number of rotatable bonds is 5. The van der Waals surface area contributed by atoms with Crippen LogP contribution in [0.5, 0.6) is 0 Å². The van der Waals surface area contributed by atoms with Crippen LogP contribution in [0.25, 0.3) is 0 Å². The van der Waals surface area contributed by atoms with Crippen LogP contribution in [0, 0.1) is 5.82 Å². The first-order chi connectivity index (χ1) is 9.69. The van der Waals surface area contributed by atoms with Crippen LogP contribution in [-0.4, -0.2) is 22.4 Å². The third kappa shape index (κ3) is 3.61. The van der Waals surface area contributed by atoms with E-state index in [9.17, 15) is 9.18 Å². The molecule has 102 valence electrons. The summed E-state index contributed by atoms with van der Waals surface area (Å²) >= 11 is 0. The largest absolute Gasteiger partial charge is 0.347 e. The number of amides is 1. The Bertz CT molecular complexity index is 630. The molecule has 6 heteroatoms. The van der Waals surface area contributed by atoms with Crippen LogP contribution in [-0.2, 0) is 0 Å². The number of aromatic nitrogens is 2. The van der Waals surface area contributed by atoms with Gasteiger partial charge in [-0.3, -0.25) is 4.79 Å². The minimum absolute atomic E-state index is 0.223. The minimum Gasteiger partial charge on any atom is -0.347 e. The number of carbonyl (C=O) groups is 1. The van der Waals surface area contributed by atoms with Crippen molar-refractivity contribution in [2.45, 2.75) is 0 Å². The molecular formula is C14H13FN4O. The summed E-state index contributed by atoms with van der Waals surface area (Å²) in [5.74, 6) is -0.267. The molecule has 0 aliphatic heterocycles. The van der Waals surface area contributed by atoms with Crippen LogP contribution in [0.1, 0.15) is 10.5 Å². The van der Waals surface area contributed by atoms with E-state index in [2.05, 4.69) is 27.2 Å². The summed E-state index contributed by atoms with van der Waals surface area (Å²) in [5.41, 5.74) is 0.766. The van der Waals surface area contributed by atoms with Crippen LogP contribution < -0.4 is 10.6 Å². The average molecular weight is 272 g/mol. The van der Waals surface area contributed by atoms with Crippen molar-refractivity contribution in [2.24, 2.45) is 0 Å². The van der Waals surface area contributed by atoms with Crippen LogP contribution in [0.3, 0.4) is 0 Å². The van der Waals surface area contributed by atoms with E-state index in [4.69, 9.17) is 0 Å². The molecule has 1 aromatic carbocycles. The van der Waals surface area contributed by atoms with E-state index < -0.39 is 0 Å². The van der Waals surface area contributed by atoms with Crippen molar-refractivity contribution < 1.29 is 9.18 Å². The highest BCUT2D eigenvalue weighted by Gasteiger charge is 2.07. The van der Waals surface area contributed by atoms with E-state index in [1.807, 2.05) is 0 Å². The third-order valence-corrected chi connectivity index (χ3v) is 2.40. The van der Waals surface area contributed by atoms with Crippen molar-refractivity contribution in [1.29, 1.82) is 0 Å². The number of hydrogen-bond donors (Lipinski definition) is 2. The molecule has 0 atom stereocenters. The van der Waals surface area contributed by atoms with Crippen LogP contribution in [0.4, 0.5) is 15.9 Å². The van der Waals surface area contributed by atoms with E-state index >= 15 is 0 Å². The van der Waals surface area contributed by atoms with Crippen LogP contribution >= 0.6 is 0 Å². The molecule has 2 aromatic rings. The second kappa shape index (κ2) is 6.42. The molecule has 1 amide bonds. The molecule has 0 bridgehead atoms. The van der Waals surface area contributed by atoms with Gasteiger partial charge in [-0.2, -0.15) is 0 Å². The average Bonchev–Trinajstić information content (AvgIpc) is 2.45. The fourth-order valence-corrected chi connectivity index (χ4v) is 1.52. The highest BCUT2D eigenvalue weighted by atomic mass is 19.1. The van der Waals surface area contributed by atoms with Gasteiger partial charge in [-0.15, -0.1) is 6.58 Å². The van der Waals surface area contributed by atoms with Gasteiger partial charge >= 0.3 is 0 Å². The van der Waals surface area contributed by atoms with Gasteiger partial charge in [-0.05, 0) is 18.2 Å². The Labute approximate surface area is 115 Å². The number of nitrogens with one attached hydrogen (secondary N) is 2. The highest BCUT2D eigenvalue weighted by molar-refractivity contribution is 5.93. The summed E-state index contributed by atoms with van der Waals surface area (Å²) < 4.78 is 13.1. The summed E-state index contributed by atoms with van der Waals surface area (Å²) in [7, 11) is 0. The summed E-state index contributed by atoms with van der Waals surface area (Å²) in [5, 5.41) is 5.52. The third-order valence-electron chi connectivity index (χ3n) is 2.40. The van der Waals surface area contributed by atoms with Gasteiger partial charge in [0, 0.05) is 18.3 Å². The molecule has 0 spiro atoms. The summed E-state index contributed by atoms with van der Waals surface area (Å²) in [4.78, 5) is 19.6. The minimum atomic E-state index is -0.354. The fourth-order valence-electron chi connectivity index (χ4n) is 1.52. The molecule has 1 aromatic heterocycles. The zero-order valence-corrected chi connectivity index (χ0v) is 10.6. The van der Waals surface area contributed by atoms with Gasteiger partial charge in [0.1, 0.15) is 23.7 Å². The summed E-state index contributed by atoms with van der Waals surface area (Å²) in [6, 6.07) is 7.45. The maximum atomic E-state index is 13.1. The summed E-state index contributed by atoms with van der Waals surface area (Å²) in [6.45, 7) is 3.87. The highest BCUT2D eigenvalue weighted by Crippen LogP contribution is 2.15. The van der Waals surface area contributed by atoms with Crippen LogP contribution in [0.15, 0.2) is 49.3 Å². The molecule has 20 heavy (non-hydrogen) atoms. The zero-order chi connectivity index (χ0) is 14.4. The normalized spacial score (nSPS) is 9.85. The fraction of sp³-hybridized carbons (Fsp3) is 0.0714. The second-order valence-electron chi connectivity index (χ2n) is 3.92. The van der Waals surface area contributed by atoms with Crippen LogP contribution in [0.2, 0.25) is 0 Å². The standard InChI is InChI=1S/C14H13FN4O/c1-2-6-16-14(20)12-8-13(18-9-17-12)19-11-5-3-4-10(15)7-11/h2-5,7-9H,1,6H2,(H,16,20)(H,17,18,19). The van der Waals surface area contributed by atoms with Crippen molar-refractivity contribution in [1.82, 2.24) is 15.3 Å². The van der Waals surface area contributed by atoms with Crippen molar-refractivity contribution in [3.05, 3.63) is 60.8 Å². The van der Waals surface area contributed by atoms with Gasteiger partial charge in [-0.1, -0.05) is 12.1 Å². The lowest BCUT2D eigenvalue weighted by atomic mass is 10.3. The predicted molar refractivity (Wildman–Crippen MR) is 74.2 cm³/mol. The van der Waals surface area contributed by atoms with Gasteiger partial charge in [0.25, 0.3) is 5.91 Å². The molecule has 0 radical (unpaired) electrons. The number of hydrogen-bond acceptors (Lipinski definition) is 4. The monoisotopic (exact) mass is 272 g/mol. The lowest BCUT2D eigenvalue weighted by Gasteiger charge is -2.07. The Morgan fingerprint density at radius 3 is 2.95 bits per heavy atom. The zero-order valence-electron chi connectivity index (χ0n) is 10.6. The van der Waals surface area contributed by atoms with Gasteiger partial charge < -0.3 is 10.6 Å². The molecule has 2 N–H and O–H groups in total. The van der Waals surface area contributed by atoms with E-state index in [1.165, 1.54) is 24.5 Å². The van der Waals surface area contributed by atoms with E-state index in [-0.39, 0.29) is 17.4 Å². The maximum Gasteiger partial charge on any atom is 0.270 e. The van der Waals surface area contributed by atoms with Gasteiger partial charge in [-0.25, -0.2) is 14.4 Å². The molecule has 0 aliphatic carbocycles. The Balaban J connectivity index is 2.13. The number of benzene rings is 1. The van der Waals surface area contributed by atoms with Gasteiger partial charge in [0.2, 0.25) is 0 Å². The Kier molecular flexibility index (Phi) is 4.39. The molecule has 0 saturated carbocycles. The smallest absolute Gasteiger partial charge is 0.270 e. The first kappa shape index (κ1) is 13.7. The molecule has 5 nitrogen and oxygen atoms in total. The van der Waals surface area contributed by atoms with Crippen molar-refractivity contribution in [2.75, 3.05) is 11.9 Å². The van der Waals surface area contributed by atoms with Gasteiger partial charge in [0.15, 0.2) is 0 Å². The first-order valence-corrected chi connectivity index (χ1v) is 5.93. The quantitative estimate of drug-likeness (QED) is 0.819. The molecular weight excluding hydrogens is 259 g/mol. The van der Waals surface area contributed by atoms with E-state index in [1.54, 1.807) is 18.2 Å². The summed E-state index contributed by atoms with van der Waals surface area (Å²) in [6.07, 6.45) is 2.84. The van der Waals surface area contributed by atoms with Crippen molar-refractivity contribution in [3.63, 3.8) is 0 Å². The molecule has 2 rings (SSSR count). The Morgan fingerprint density at radius 1 is 1.35 bits per heavy atom. The SMILES string of the molecule is C=CCNC(=O)c1cc(Nc2cccc(F)c2)ncn1. The Morgan fingerprint density at radius 2 is 2.20 bits per heavy atom. The lowest BCUT2D eigenvalue weighted by Crippen LogP contribution is -2.24. The lowest BCUT2D eigenvalue weighted by molar-refractivity contribution is 0.0953. The number of anilines is 2. The second-order valence-corrected chi connectivity index (χ2v) is 3.92. The number of halogens is 1.